The van der Waals surface area contributed by atoms with Gasteiger partial charge in [0, 0.05) is 30.8 Å². The molecule has 0 radical (unpaired) electrons. The maximum Gasteiger partial charge on any atom is 0.191 e. The molecule has 22 heavy (non-hydrogen) atoms. The lowest BCUT2D eigenvalue weighted by Gasteiger charge is -2.02. The molecule has 110 valence electrons. The molecular weight excluding hydrogens is 292 g/mol. The molecule has 0 N–H and O–H groups in total. The molecule has 0 unspecified atom stereocenters. The number of rotatable bonds is 5. The van der Waals surface area contributed by atoms with Gasteiger partial charge in [0.05, 0.1) is 0 Å². The highest BCUT2D eigenvalue weighted by Crippen LogP contribution is 2.22. The lowest BCUT2D eigenvalue weighted by molar-refractivity contribution is 0.794. The Hall–Kier alpha value is -2.40. The fourth-order valence-electron chi connectivity index (χ4n) is 2.06. The first-order valence-electron chi connectivity index (χ1n) is 6.99. The quantitative estimate of drug-likeness (QED) is 0.674. The van der Waals surface area contributed by atoms with Crippen molar-refractivity contribution >= 4 is 17.8 Å². The molecule has 1 aromatic carbocycles. The number of hydrogen-bond acceptors (Lipinski definition) is 4. The van der Waals surface area contributed by atoms with E-state index in [0.29, 0.717) is 0 Å². The highest BCUT2D eigenvalue weighted by atomic mass is 32.2. The summed E-state index contributed by atoms with van der Waals surface area (Å²) in [4.78, 5) is 4.12. The molecule has 0 amide bonds. The third-order valence-corrected chi connectivity index (χ3v) is 4.15. The molecule has 0 aliphatic carbocycles. The molecule has 2 aromatic heterocycles. The SMILES string of the molecule is Cn1c(SC/C=C\c2ccccc2)nnc1-c1cccnc1. The van der Waals surface area contributed by atoms with E-state index in [0.717, 1.165) is 22.3 Å². The van der Waals surface area contributed by atoms with Crippen molar-refractivity contribution in [1.29, 1.82) is 0 Å². The first kappa shape index (κ1) is 14.5. The molecular formula is C17H16N4S. The van der Waals surface area contributed by atoms with E-state index in [1.807, 2.05) is 41.9 Å². The summed E-state index contributed by atoms with van der Waals surface area (Å²) in [7, 11) is 1.98. The maximum absolute atomic E-state index is 4.25. The maximum atomic E-state index is 4.25. The van der Waals surface area contributed by atoms with E-state index in [4.69, 9.17) is 0 Å². The summed E-state index contributed by atoms with van der Waals surface area (Å²) in [6.07, 6.45) is 7.81. The van der Waals surface area contributed by atoms with Gasteiger partial charge < -0.3 is 4.57 Å². The van der Waals surface area contributed by atoms with Crippen molar-refractivity contribution in [3.8, 4) is 11.4 Å². The molecule has 0 saturated heterocycles. The third kappa shape index (κ3) is 3.43. The van der Waals surface area contributed by atoms with Crippen molar-refractivity contribution in [3.63, 3.8) is 0 Å². The first-order chi connectivity index (χ1) is 10.8. The van der Waals surface area contributed by atoms with Crippen LogP contribution in [0.5, 0.6) is 0 Å². The van der Waals surface area contributed by atoms with Crippen molar-refractivity contribution in [2.24, 2.45) is 7.05 Å². The van der Waals surface area contributed by atoms with Crippen LogP contribution in [0.15, 0.2) is 66.1 Å². The first-order valence-corrected chi connectivity index (χ1v) is 7.97. The molecule has 0 spiro atoms. The standard InChI is InChI=1S/C17H16N4S/c1-21-16(15-10-5-11-18-13-15)19-20-17(21)22-12-6-9-14-7-3-2-4-8-14/h2-11,13H,12H2,1H3/b9-6-. The van der Waals surface area contributed by atoms with Crippen LogP contribution in [0.4, 0.5) is 0 Å². The summed E-state index contributed by atoms with van der Waals surface area (Å²) in [5, 5.41) is 9.40. The van der Waals surface area contributed by atoms with E-state index in [9.17, 15) is 0 Å². The van der Waals surface area contributed by atoms with E-state index in [-0.39, 0.29) is 0 Å². The highest BCUT2D eigenvalue weighted by Gasteiger charge is 2.10. The van der Waals surface area contributed by atoms with Gasteiger partial charge in [-0.05, 0) is 17.7 Å². The van der Waals surface area contributed by atoms with E-state index >= 15 is 0 Å². The van der Waals surface area contributed by atoms with E-state index in [2.05, 4.69) is 39.5 Å². The van der Waals surface area contributed by atoms with Gasteiger partial charge in [0.2, 0.25) is 0 Å². The minimum atomic E-state index is 0.836. The average Bonchev–Trinajstić information content (AvgIpc) is 2.94. The number of nitrogens with zero attached hydrogens (tertiary/aromatic N) is 4. The largest absolute Gasteiger partial charge is 0.305 e. The van der Waals surface area contributed by atoms with Gasteiger partial charge in [0.1, 0.15) is 0 Å². The van der Waals surface area contributed by atoms with Crippen molar-refractivity contribution in [3.05, 3.63) is 66.5 Å². The molecule has 3 aromatic rings. The molecule has 2 heterocycles. The second-order valence-electron chi connectivity index (χ2n) is 4.73. The van der Waals surface area contributed by atoms with Crippen LogP contribution in [-0.2, 0) is 7.05 Å². The topological polar surface area (TPSA) is 43.6 Å². The van der Waals surface area contributed by atoms with E-state index in [1.165, 1.54) is 5.56 Å². The second-order valence-corrected chi connectivity index (χ2v) is 5.72. The average molecular weight is 308 g/mol. The Labute approximate surface area is 133 Å². The van der Waals surface area contributed by atoms with Crippen molar-refractivity contribution < 1.29 is 0 Å². The Morgan fingerprint density at radius 3 is 2.73 bits per heavy atom. The monoisotopic (exact) mass is 308 g/mol. The molecule has 0 saturated carbocycles. The van der Waals surface area contributed by atoms with Crippen LogP contribution in [0.1, 0.15) is 5.56 Å². The van der Waals surface area contributed by atoms with Gasteiger partial charge in [-0.2, -0.15) is 0 Å². The molecule has 0 bridgehead atoms. The Balaban J connectivity index is 1.65. The molecule has 0 fully saturated rings. The van der Waals surface area contributed by atoms with Crippen molar-refractivity contribution in [2.75, 3.05) is 5.75 Å². The van der Waals surface area contributed by atoms with E-state index in [1.54, 1.807) is 24.2 Å². The molecule has 5 heteroatoms. The molecule has 0 aliphatic rings. The van der Waals surface area contributed by atoms with Gasteiger partial charge in [-0.1, -0.05) is 54.2 Å². The zero-order valence-electron chi connectivity index (χ0n) is 12.3. The van der Waals surface area contributed by atoms with Crippen LogP contribution in [0, 0.1) is 0 Å². The number of benzene rings is 1. The third-order valence-electron chi connectivity index (χ3n) is 3.17. The van der Waals surface area contributed by atoms with Crippen LogP contribution in [0.3, 0.4) is 0 Å². The minimum Gasteiger partial charge on any atom is -0.305 e. The van der Waals surface area contributed by atoms with Crippen LogP contribution in [0.25, 0.3) is 17.5 Å². The predicted molar refractivity (Wildman–Crippen MR) is 90.4 cm³/mol. The van der Waals surface area contributed by atoms with Gasteiger partial charge in [-0.3, -0.25) is 4.98 Å². The molecule has 0 atom stereocenters. The predicted octanol–water partition coefficient (Wildman–Crippen LogP) is 3.68. The summed E-state index contributed by atoms with van der Waals surface area (Å²) >= 11 is 1.66. The van der Waals surface area contributed by atoms with Crippen LogP contribution < -0.4 is 0 Å². The highest BCUT2D eigenvalue weighted by molar-refractivity contribution is 7.99. The summed E-state index contributed by atoms with van der Waals surface area (Å²) in [6, 6.07) is 14.2. The van der Waals surface area contributed by atoms with Gasteiger partial charge in [-0.15, -0.1) is 10.2 Å². The zero-order chi connectivity index (χ0) is 15.2. The number of hydrogen-bond donors (Lipinski definition) is 0. The number of aromatic nitrogens is 4. The Morgan fingerprint density at radius 2 is 1.95 bits per heavy atom. The molecule has 4 nitrogen and oxygen atoms in total. The number of pyridine rings is 1. The van der Waals surface area contributed by atoms with Crippen molar-refractivity contribution in [1.82, 2.24) is 19.7 Å². The van der Waals surface area contributed by atoms with Gasteiger partial charge in [0.25, 0.3) is 0 Å². The summed E-state index contributed by atoms with van der Waals surface area (Å²) in [5.74, 6) is 1.69. The minimum absolute atomic E-state index is 0.836. The summed E-state index contributed by atoms with van der Waals surface area (Å²) in [6.45, 7) is 0. The van der Waals surface area contributed by atoms with Gasteiger partial charge in [0.15, 0.2) is 11.0 Å². The van der Waals surface area contributed by atoms with Gasteiger partial charge >= 0.3 is 0 Å². The van der Waals surface area contributed by atoms with Crippen LogP contribution in [-0.4, -0.2) is 25.5 Å². The van der Waals surface area contributed by atoms with Crippen molar-refractivity contribution in [2.45, 2.75) is 5.16 Å². The summed E-state index contributed by atoms with van der Waals surface area (Å²) < 4.78 is 2.00. The van der Waals surface area contributed by atoms with Crippen LogP contribution >= 0.6 is 11.8 Å². The Kier molecular flexibility index (Phi) is 4.65. The van der Waals surface area contributed by atoms with Crippen LogP contribution in [0.2, 0.25) is 0 Å². The lowest BCUT2D eigenvalue weighted by Crippen LogP contribution is -1.95. The molecule has 0 aliphatic heterocycles. The zero-order valence-corrected chi connectivity index (χ0v) is 13.1. The number of thioether (sulfide) groups is 1. The lowest BCUT2D eigenvalue weighted by atomic mass is 10.2. The van der Waals surface area contributed by atoms with E-state index < -0.39 is 0 Å². The second kappa shape index (κ2) is 7.04. The Morgan fingerprint density at radius 1 is 1.09 bits per heavy atom. The van der Waals surface area contributed by atoms with Gasteiger partial charge in [-0.25, -0.2) is 0 Å². The normalized spacial score (nSPS) is 11.1. The fourth-order valence-corrected chi connectivity index (χ4v) is 2.78. The molecule has 3 rings (SSSR count). The summed E-state index contributed by atoms with van der Waals surface area (Å²) in [5.41, 5.74) is 2.18. The smallest absolute Gasteiger partial charge is 0.191 e. The Bertz CT molecular complexity index is 751. The fraction of sp³-hybridized carbons (Fsp3) is 0.118.